The summed E-state index contributed by atoms with van der Waals surface area (Å²) in [5.41, 5.74) is 1.40. The monoisotopic (exact) mass is 307 g/mol. The molecule has 1 aromatic rings. The van der Waals surface area contributed by atoms with Crippen LogP contribution < -0.4 is 4.74 Å². The van der Waals surface area contributed by atoms with Gasteiger partial charge in [0.15, 0.2) is 5.78 Å². The van der Waals surface area contributed by atoms with Crippen molar-refractivity contribution in [2.45, 2.75) is 27.2 Å². The van der Waals surface area contributed by atoms with Crippen LogP contribution in [0.1, 0.15) is 36.2 Å². The molecule has 0 saturated heterocycles. The fourth-order valence-electron chi connectivity index (χ4n) is 2.51. The van der Waals surface area contributed by atoms with Gasteiger partial charge in [0.05, 0.1) is 13.5 Å². The Morgan fingerprint density at radius 1 is 1.27 bits per heavy atom. The molecule has 22 heavy (non-hydrogen) atoms. The number of carbonyl (C=O) groups excluding carboxylic acids is 1. The van der Waals surface area contributed by atoms with Gasteiger partial charge >= 0.3 is 5.97 Å². The molecule has 0 fully saturated rings. The average Bonchev–Trinajstić information content (AvgIpc) is 2.50. The van der Waals surface area contributed by atoms with Gasteiger partial charge in [-0.2, -0.15) is 0 Å². The number of carboxylic acid groups (broad SMARTS) is 1. The smallest absolute Gasteiger partial charge is 0.304 e. The van der Waals surface area contributed by atoms with Crippen molar-refractivity contribution in [3.63, 3.8) is 0 Å². The number of aryl methyl sites for hydroxylation is 1. The highest BCUT2D eigenvalue weighted by Crippen LogP contribution is 2.22. The van der Waals surface area contributed by atoms with E-state index in [1.165, 1.54) is 0 Å². The van der Waals surface area contributed by atoms with E-state index in [-0.39, 0.29) is 12.2 Å². The first kappa shape index (κ1) is 18.2. The minimum Gasteiger partial charge on any atom is -0.496 e. The predicted octanol–water partition coefficient (Wildman–Crippen LogP) is 2.62. The quantitative estimate of drug-likeness (QED) is 0.710. The molecule has 5 heteroatoms. The van der Waals surface area contributed by atoms with E-state index in [0.717, 1.165) is 24.4 Å². The van der Waals surface area contributed by atoms with Crippen LogP contribution in [0.15, 0.2) is 18.2 Å². The molecule has 0 spiro atoms. The standard InChI is InChI=1S/C17H25NO4/c1-5-18(6-2)11-14(10-16(19)20)17(21)13-7-8-15(22-4)12(3)9-13/h7-9,14H,5-6,10-11H2,1-4H3,(H,19,20). The second-order valence-electron chi connectivity index (χ2n) is 5.33. The van der Waals surface area contributed by atoms with Gasteiger partial charge in [0.1, 0.15) is 5.75 Å². The minimum atomic E-state index is -0.948. The number of aliphatic carboxylic acids is 1. The van der Waals surface area contributed by atoms with E-state index in [2.05, 4.69) is 4.90 Å². The van der Waals surface area contributed by atoms with Crippen molar-refractivity contribution in [1.82, 2.24) is 4.90 Å². The Morgan fingerprint density at radius 3 is 2.36 bits per heavy atom. The Bertz CT molecular complexity index is 523. The first-order valence-electron chi connectivity index (χ1n) is 7.55. The second kappa shape index (κ2) is 8.54. The molecule has 1 unspecified atom stereocenters. The molecule has 0 aliphatic rings. The Kier molecular flexibility index (Phi) is 7.05. The Labute approximate surface area is 131 Å². The van der Waals surface area contributed by atoms with Crippen LogP contribution in [0, 0.1) is 12.8 Å². The number of ketones is 1. The lowest BCUT2D eigenvalue weighted by Crippen LogP contribution is -2.34. The fraction of sp³-hybridized carbons (Fsp3) is 0.529. The molecule has 122 valence electrons. The summed E-state index contributed by atoms with van der Waals surface area (Å²) in [7, 11) is 1.58. The summed E-state index contributed by atoms with van der Waals surface area (Å²) < 4.78 is 5.19. The molecule has 0 radical (unpaired) electrons. The number of hydrogen-bond acceptors (Lipinski definition) is 4. The lowest BCUT2D eigenvalue weighted by molar-refractivity contribution is -0.137. The molecular formula is C17H25NO4. The number of ether oxygens (including phenoxy) is 1. The van der Waals surface area contributed by atoms with Crippen LogP contribution >= 0.6 is 0 Å². The summed E-state index contributed by atoms with van der Waals surface area (Å²) in [4.78, 5) is 25.8. The third-order valence-corrected chi connectivity index (χ3v) is 3.84. The molecule has 0 aliphatic heterocycles. The summed E-state index contributed by atoms with van der Waals surface area (Å²) >= 11 is 0. The molecule has 0 aromatic heterocycles. The Balaban J connectivity index is 3.00. The zero-order valence-corrected chi connectivity index (χ0v) is 13.8. The van der Waals surface area contributed by atoms with Crippen LogP contribution in [0.3, 0.4) is 0 Å². The largest absolute Gasteiger partial charge is 0.496 e. The van der Waals surface area contributed by atoms with Gasteiger partial charge in [0.2, 0.25) is 0 Å². The molecule has 0 bridgehead atoms. The van der Waals surface area contributed by atoms with E-state index in [1.807, 2.05) is 20.8 Å². The van der Waals surface area contributed by atoms with Gasteiger partial charge in [-0.05, 0) is 43.8 Å². The number of hydrogen-bond donors (Lipinski definition) is 1. The number of benzene rings is 1. The number of nitrogens with zero attached hydrogens (tertiary/aromatic N) is 1. The van der Waals surface area contributed by atoms with E-state index in [9.17, 15) is 9.59 Å². The molecule has 5 nitrogen and oxygen atoms in total. The zero-order chi connectivity index (χ0) is 16.7. The molecular weight excluding hydrogens is 282 g/mol. The topological polar surface area (TPSA) is 66.8 Å². The second-order valence-corrected chi connectivity index (χ2v) is 5.33. The van der Waals surface area contributed by atoms with Gasteiger partial charge in [-0.25, -0.2) is 0 Å². The van der Waals surface area contributed by atoms with Gasteiger partial charge in [0, 0.05) is 18.0 Å². The molecule has 0 aliphatic carbocycles. The third-order valence-electron chi connectivity index (χ3n) is 3.84. The highest BCUT2D eigenvalue weighted by molar-refractivity contribution is 5.99. The van der Waals surface area contributed by atoms with Crippen LogP contribution in [0.25, 0.3) is 0 Å². The number of rotatable bonds is 9. The minimum absolute atomic E-state index is 0.125. The van der Waals surface area contributed by atoms with E-state index < -0.39 is 11.9 Å². The zero-order valence-electron chi connectivity index (χ0n) is 13.8. The molecule has 0 saturated carbocycles. The molecule has 1 N–H and O–H groups in total. The van der Waals surface area contributed by atoms with Crippen LogP contribution in [0.4, 0.5) is 0 Å². The summed E-state index contributed by atoms with van der Waals surface area (Å²) in [6, 6.07) is 5.21. The first-order chi connectivity index (χ1) is 10.4. The fourth-order valence-corrected chi connectivity index (χ4v) is 2.51. The lowest BCUT2D eigenvalue weighted by atomic mass is 9.93. The van der Waals surface area contributed by atoms with Gasteiger partial charge in [-0.15, -0.1) is 0 Å². The Hall–Kier alpha value is -1.88. The van der Waals surface area contributed by atoms with E-state index >= 15 is 0 Å². The summed E-state index contributed by atoms with van der Waals surface area (Å²) in [5, 5.41) is 9.08. The number of methoxy groups -OCH3 is 1. The normalized spacial score (nSPS) is 12.2. The average molecular weight is 307 g/mol. The predicted molar refractivity (Wildman–Crippen MR) is 85.6 cm³/mol. The van der Waals surface area contributed by atoms with Crippen molar-refractivity contribution in [3.8, 4) is 5.75 Å². The third kappa shape index (κ3) is 4.84. The van der Waals surface area contributed by atoms with Gasteiger partial charge in [-0.3, -0.25) is 9.59 Å². The molecule has 1 rings (SSSR count). The summed E-state index contributed by atoms with van der Waals surface area (Å²) in [6.07, 6.45) is -0.152. The van der Waals surface area contributed by atoms with Crippen molar-refractivity contribution in [2.24, 2.45) is 5.92 Å². The van der Waals surface area contributed by atoms with Crippen LogP contribution in [0.5, 0.6) is 5.75 Å². The van der Waals surface area contributed by atoms with E-state index in [1.54, 1.807) is 25.3 Å². The lowest BCUT2D eigenvalue weighted by Gasteiger charge is -2.23. The molecule has 1 aromatic carbocycles. The molecule has 0 amide bonds. The number of carboxylic acids is 1. The summed E-state index contributed by atoms with van der Waals surface area (Å²) in [6.45, 7) is 7.92. The van der Waals surface area contributed by atoms with Crippen molar-refractivity contribution >= 4 is 11.8 Å². The maximum atomic E-state index is 12.7. The highest BCUT2D eigenvalue weighted by Gasteiger charge is 2.25. The van der Waals surface area contributed by atoms with Crippen LogP contribution in [-0.4, -0.2) is 48.5 Å². The van der Waals surface area contributed by atoms with Crippen LogP contribution in [-0.2, 0) is 4.79 Å². The van der Waals surface area contributed by atoms with Gasteiger partial charge in [-0.1, -0.05) is 13.8 Å². The molecule has 1 atom stereocenters. The van der Waals surface area contributed by atoms with Crippen molar-refractivity contribution in [1.29, 1.82) is 0 Å². The van der Waals surface area contributed by atoms with Crippen molar-refractivity contribution in [2.75, 3.05) is 26.7 Å². The van der Waals surface area contributed by atoms with E-state index in [4.69, 9.17) is 9.84 Å². The summed E-state index contributed by atoms with van der Waals surface area (Å²) in [5.74, 6) is -0.893. The maximum absolute atomic E-state index is 12.7. The number of carbonyl (C=O) groups is 2. The number of Topliss-reactive ketones (excluding diaryl/α,β-unsaturated/α-hetero) is 1. The Morgan fingerprint density at radius 2 is 1.91 bits per heavy atom. The van der Waals surface area contributed by atoms with Gasteiger partial charge < -0.3 is 14.7 Å². The van der Waals surface area contributed by atoms with Crippen LogP contribution in [0.2, 0.25) is 0 Å². The SMILES string of the molecule is CCN(CC)CC(CC(=O)O)C(=O)c1ccc(OC)c(C)c1. The first-order valence-corrected chi connectivity index (χ1v) is 7.55. The van der Waals surface area contributed by atoms with Crippen molar-refractivity contribution < 1.29 is 19.4 Å². The highest BCUT2D eigenvalue weighted by atomic mass is 16.5. The van der Waals surface area contributed by atoms with E-state index in [0.29, 0.717) is 12.1 Å². The maximum Gasteiger partial charge on any atom is 0.304 e. The van der Waals surface area contributed by atoms with Crippen molar-refractivity contribution in [3.05, 3.63) is 29.3 Å². The molecule has 0 heterocycles. The van der Waals surface area contributed by atoms with Gasteiger partial charge in [0.25, 0.3) is 0 Å².